The van der Waals surface area contributed by atoms with Crippen LogP contribution < -0.4 is 16.4 Å². The quantitative estimate of drug-likeness (QED) is 0.406. The number of imide groups is 2. The summed E-state index contributed by atoms with van der Waals surface area (Å²) in [5.41, 5.74) is 10.5. The first-order valence-corrected chi connectivity index (χ1v) is 12.6. The highest BCUT2D eigenvalue weighted by Gasteiger charge is 2.33. The maximum absolute atomic E-state index is 11.9. The Hall–Kier alpha value is -4.54. The minimum Gasteiger partial charge on any atom is -0.398 e. The van der Waals surface area contributed by atoms with Crippen LogP contribution in [-0.2, 0) is 32.1 Å². The Morgan fingerprint density at radius 1 is 0.737 bits per heavy atom. The van der Waals surface area contributed by atoms with Gasteiger partial charge in [-0.2, -0.15) is 0 Å². The van der Waals surface area contributed by atoms with Gasteiger partial charge in [-0.1, -0.05) is 24.3 Å². The topological polar surface area (TPSA) is 150 Å². The Bertz CT molecular complexity index is 1340. The van der Waals surface area contributed by atoms with Crippen LogP contribution in [0.25, 0.3) is 0 Å². The molecule has 0 spiro atoms. The summed E-state index contributed by atoms with van der Waals surface area (Å²) < 4.78 is 0. The number of piperidine rings is 2. The zero-order valence-electron chi connectivity index (χ0n) is 20.8. The van der Waals surface area contributed by atoms with E-state index in [9.17, 15) is 19.2 Å². The SMILES string of the molecule is Nc1cccc2c1CN(C1CCC(=O)NC1=O)C=N2.O=C1CCC(N2C=Nc3ccccc3CC2)C(=O)N1. The van der Waals surface area contributed by atoms with Crippen molar-refractivity contribution in [3.8, 4) is 0 Å². The largest absolute Gasteiger partial charge is 0.398 e. The standard InChI is InChI=1S/C14H15N3O2.C13H14N4O2/c18-13-6-5-12(14(19)16-13)17-8-7-10-3-1-2-4-11(10)15-9-17;14-9-2-1-3-10-8(9)6-17(7-15-10)11-4-5-12(18)16-13(11)19/h1-4,9,12H,5-8H2,(H,16,18,19);1-3,7,11H,4-6,14H2,(H,16,18,19). The van der Waals surface area contributed by atoms with E-state index in [0.717, 1.165) is 29.9 Å². The molecule has 4 heterocycles. The van der Waals surface area contributed by atoms with Crippen LogP contribution in [0.15, 0.2) is 52.4 Å². The van der Waals surface area contributed by atoms with Gasteiger partial charge in [0.1, 0.15) is 12.1 Å². The van der Waals surface area contributed by atoms with E-state index in [0.29, 0.717) is 37.9 Å². The number of aliphatic imine (C=N–C) groups is 2. The molecular formula is C27H29N7O4. The fourth-order valence-corrected chi connectivity index (χ4v) is 4.96. The summed E-state index contributed by atoms with van der Waals surface area (Å²) in [6.07, 6.45) is 6.07. The summed E-state index contributed by atoms with van der Waals surface area (Å²) in [6.45, 7) is 1.28. The molecule has 4 amide bonds. The van der Waals surface area contributed by atoms with Crippen molar-refractivity contribution < 1.29 is 19.2 Å². The van der Waals surface area contributed by atoms with Crippen LogP contribution >= 0.6 is 0 Å². The van der Waals surface area contributed by atoms with E-state index in [1.165, 1.54) is 5.56 Å². The average Bonchev–Trinajstić information content (AvgIpc) is 3.12. The number of nitrogens with one attached hydrogen (secondary N) is 2. The molecule has 11 heteroatoms. The molecule has 0 saturated carbocycles. The summed E-state index contributed by atoms with van der Waals surface area (Å²) in [5.74, 6) is -0.874. The van der Waals surface area contributed by atoms with Crippen molar-refractivity contribution in [2.75, 3.05) is 12.3 Å². The van der Waals surface area contributed by atoms with Gasteiger partial charge in [0, 0.05) is 37.2 Å². The highest BCUT2D eigenvalue weighted by Crippen LogP contribution is 2.30. The third-order valence-electron chi connectivity index (χ3n) is 7.07. The molecule has 0 radical (unpaired) electrons. The maximum atomic E-state index is 11.9. The van der Waals surface area contributed by atoms with Gasteiger partial charge in [0.2, 0.25) is 23.6 Å². The van der Waals surface area contributed by atoms with Crippen molar-refractivity contribution in [1.29, 1.82) is 0 Å². The number of para-hydroxylation sites is 1. The molecule has 2 unspecified atom stereocenters. The lowest BCUT2D eigenvalue weighted by Crippen LogP contribution is -2.52. The predicted molar refractivity (Wildman–Crippen MR) is 142 cm³/mol. The second-order valence-corrected chi connectivity index (χ2v) is 9.56. The van der Waals surface area contributed by atoms with Crippen molar-refractivity contribution in [3.05, 3.63) is 53.6 Å². The van der Waals surface area contributed by atoms with E-state index < -0.39 is 0 Å². The molecule has 2 fully saturated rings. The molecule has 38 heavy (non-hydrogen) atoms. The predicted octanol–water partition coefficient (Wildman–Crippen LogP) is 1.56. The van der Waals surface area contributed by atoms with Crippen molar-refractivity contribution in [2.24, 2.45) is 9.98 Å². The van der Waals surface area contributed by atoms with Crippen LogP contribution in [-0.4, -0.2) is 64.7 Å². The Morgan fingerprint density at radius 3 is 2.05 bits per heavy atom. The fraction of sp³-hybridized carbons (Fsp3) is 0.333. The highest BCUT2D eigenvalue weighted by molar-refractivity contribution is 6.01. The Morgan fingerprint density at radius 2 is 1.34 bits per heavy atom. The molecule has 0 aromatic heterocycles. The normalized spacial score (nSPS) is 22.4. The van der Waals surface area contributed by atoms with Gasteiger partial charge in [-0.25, -0.2) is 9.98 Å². The van der Waals surface area contributed by atoms with Gasteiger partial charge in [-0.3, -0.25) is 29.8 Å². The number of rotatable bonds is 2. The number of amides is 4. The van der Waals surface area contributed by atoms with Crippen LogP contribution in [0.1, 0.15) is 36.8 Å². The summed E-state index contributed by atoms with van der Waals surface area (Å²) in [7, 11) is 0. The van der Waals surface area contributed by atoms with E-state index in [-0.39, 0.29) is 35.7 Å². The molecule has 4 N–H and O–H groups in total. The first kappa shape index (κ1) is 25.1. The van der Waals surface area contributed by atoms with Crippen LogP contribution in [0.5, 0.6) is 0 Å². The molecule has 4 aliphatic rings. The number of benzene rings is 2. The second-order valence-electron chi connectivity index (χ2n) is 9.56. The van der Waals surface area contributed by atoms with E-state index >= 15 is 0 Å². The summed E-state index contributed by atoms with van der Waals surface area (Å²) in [4.78, 5) is 58.5. The molecule has 2 aromatic carbocycles. The molecular weight excluding hydrogens is 486 g/mol. The first-order valence-electron chi connectivity index (χ1n) is 12.6. The van der Waals surface area contributed by atoms with Crippen LogP contribution in [0, 0.1) is 0 Å². The summed E-state index contributed by atoms with van der Waals surface area (Å²) >= 11 is 0. The van der Waals surface area contributed by atoms with Crippen molar-refractivity contribution >= 4 is 53.4 Å². The third-order valence-corrected chi connectivity index (χ3v) is 7.07. The van der Waals surface area contributed by atoms with Crippen LogP contribution in [0.2, 0.25) is 0 Å². The van der Waals surface area contributed by atoms with Gasteiger partial charge in [-0.15, -0.1) is 0 Å². The number of hydrogen-bond donors (Lipinski definition) is 3. The van der Waals surface area contributed by atoms with Crippen molar-refractivity contribution in [2.45, 2.75) is 50.7 Å². The number of nitrogens with two attached hydrogens (primary N) is 1. The number of carbonyl (C=O) groups is 4. The minimum absolute atomic E-state index is 0.184. The van der Waals surface area contributed by atoms with Gasteiger partial charge in [0.25, 0.3) is 0 Å². The summed E-state index contributed by atoms with van der Waals surface area (Å²) in [6, 6.07) is 12.9. The number of nitrogen functional groups attached to an aromatic ring is 1. The number of fused-ring (bicyclic) bond motifs is 2. The molecule has 2 saturated heterocycles. The molecule has 4 aliphatic heterocycles. The first-order chi connectivity index (χ1) is 18.4. The lowest BCUT2D eigenvalue weighted by Gasteiger charge is -2.33. The highest BCUT2D eigenvalue weighted by atomic mass is 16.2. The van der Waals surface area contributed by atoms with E-state index in [1.807, 2.05) is 46.2 Å². The third kappa shape index (κ3) is 5.41. The zero-order valence-corrected chi connectivity index (χ0v) is 20.8. The molecule has 0 aliphatic carbocycles. The fourth-order valence-electron chi connectivity index (χ4n) is 4.96. The second kappa shape index (κ2) is 10.8. The van der Waals surface area contributed by atoms with E-state index in [4.69, 9.17) is 5.73 Å². The smallest absolute Gasteiger partial charge is 0.249 e. The van der Waals surface area contributed by atoms with Crippen molar-refractivity contribution in [3.63, 3.8) is 0 Å². The van der Waals surface area contributed by atoms with Gasteiger partial charge in [0.15, 0.2) is 0 Å². The van der Waals surface area contributed by atoms with Gasteiger partial charge in [0.05, 0.1) is 24.1 Å². The number of anilines is 1. The van der Waals surface area contributed by atoms with Crippen molar-refractivity contribution in [1.82, 2.24) is 20.4 Å². The van der Waals surface area contributed by atoms with Gasteiger partial charge >= 0.3 is 0 Å². The Balaban J connectivity index is 0.000000155. The minimum atomic E-state index is -0.353. The monoisotopic (exact) mass is 515 g/mol. The lowest BCUT2D eigenvalue weighted by molar-refractivity contribution is -0.138. The molecule has 196 valence electrons. The molecule has 2 aromatic rings. The Kier molecular flexibility index (Phi) is 7.16. The molecule has 11 nitrogen and oxygen atoms in total. The molecule has 6 rings (SSSR count). The van der Waals surface area contributed by atoms with E-state index in [1.54, 1.807) is 12.7 Å². The number of nitrogens with zero attached hydrogens (tertiary/aromatic N) is 4. The van der Waals surface area contributed by atoms with Gasteiger partial charge in [-0.05, 0) is 43.0 Å². The Labute approximate surface area is 219 Å². The molecule has 0 bridgehead atoms. The maximum Gasteiger partial charge on any atom is 0.249 e. The summed E-state index contributed by atoms with van der Waals surface area (Å²) in [5, 5.41) is 4.74. The van der Waals surface area contributed by atoms with E-state index in [2.05, 4.69) is 26.7 Å². The number of hydrogen-bond acceptors (Lipinski definition) is 9. The molecule has 2 atom stereocenters. The van der Waals surface area contributed by atoms with Gasteiger partial charge < -0.3 is 15.5 Å². The average molecular weight is 516 g/mol. The lowest BCUT2D eigenvalue weighted by atomic mass is 10.0. The van der Waals surface area contributed by atoms with Crippen LogP contribution in [0.4, 0.5) is 17.1 Å². The number of carbonyl (C=O) groups excluding carboxylic acids is 4. The van der Waals surface area contributed by atoms with Crippen LogP contribution in [0.3, 0.4) is 0 Å². The zero-order chi connectivity index (χ0) is 26.6.